The number of hydrogen-bond acceptors (Lipinski definition) is 6. The van der Waals surface area contributed by atoms with E-state index in [-0.39, 0.29) is 11.3 Å². The fraction of sp³-hybridized carbons (Fsp3) is 0.133. The molecule has 0 aliphatic rings. The van der Waals surface area contributed by atoms with Gasteiger partial charge in [0.25, 0.3) is 5.91 Å². The molecule has 120 valence electrons. The Kier molecular flexibility index (Phi) is 5.35. The van der Waals surface area contributed by atoms with Gasteiger partial charge in [-0.05, 0) is 24.3 Å². The Bertz CT molecular complexity index is 696. The molecule has 1 aromatic heterocycles. The van der Waals surface area contributed by atoms with Gasteiger partial charge in [-0.1, -0.05) is 12.1 Å². The zero-order valence-corrected chi connectivity index (χ0v) is 12.2. The lowest BCUT2D eigenvalue weighted by molar-refractivity contribution is -0.125. The molecule has 0 saturated heterocycles. The van der Waals surface area contributed by atoms with Gasteiger partial charge in [-0.15, -0.1) is 0 Å². The molecule has 2 N–H and O–H groups in total. The molecule has 0 unspecified atom stereocenters. The third kappa shape index (κ3) is 4.34. The van der Waals surface area contributed by atoms with Crippen LogP contribution in [0.5, 0.6) is 5.75 Å². The number of para-hydroxylation sites is 1. The van der Waals surface area contributed by atoms with Crippen LogP contribution in [0.25, 0.3) is 0 Å². The molecule has 1 aromatic carbocycles. The fourth-order valence-electron chi connectivity index (χ4n) is 1.65. The molecule has 0 radical (unpaired) electrons. The first kappa shape index (κ1) is 16.1. The first-order valence-corrected chi connectivity index (χ1v) is 6.54. The Balaban J connectivity index is 1.80. The van der Waals surface area contributed by atoms with Gasteiger partial charge in [0.2, 0.25) is 0 Å². The molecule has 2 aromatic rings. The minimum absolute atomic E-state index is 0.0383. The molecule has 0 bridgehead atoms. The number of hydrazine groups is 1. The van der Waals surface area contributed by atoms with Crippen molar-refractivity contribution in [2.24, 2.45) is 0 Å². The van der Waals surface area contributed by atoms with Gasteiger partial charge in [0.1, 0.15) is 11.3 Å². The Morgan fingerprint density at radius 1 is 1.09 bits per heavy atom. The molecule has 0 fully saturated rings. The summed E-state index contributed by atoms with van der Waals surface area (Å²) in [6.45, 7) is -0.560. The lowest BCUT2D eigenvalue weighted by atomic mass is 10.2. The van der Waals surface area contributed by atoms with Gasteiger partial charge < -0.3 is 13.9 Å². The number of esters is 1. The maximum Gasteiger partial charge on any atom is 0.342 e. The monoisotopic (exact) mass is 318 g/mol. The van der Waals surface area contributed by atoms with E-state index in [9.17, 15) is 14.4 Å². The van der Waals surface area contributed by atoms with Gasteiger partial charge in [0.05, 0.1) is 13.4 Å². The summed E-state index contributed by atoms with van der Waals surface area (Å²) < 4.78 is 14.7. The topological polar surface area (TPSA) is 107 Å². The van der Waals surface area contributed by atoms with Crippen LogP contribution in [0.2, 0.25) is 0 Å². The number of methoxy groups -OCH3 is 1. The summed E-state index contributed by atoms with van der Waals surface area (Å²) in [4.78, 5) is 34.9. The van der Waals surface area contributed by atoms with Crippen molar-refractivity contribution in [2.75, 3.05) is 13.7 Å². The van der Waals surface area contributed by atoms with Crippen LogP contribution < -0.4 is 15.6 Å². The SMILES string of the molecule is COc1ccccc1C(=O)OCC(=O)NNC(=O)c1ccco1. The lowest BCUT2D eigenvalue weighted by Crippen LogP contribution is -2.43. The van der Waals surface area contributed by atoms with Gasteiger partial charge in [0, 0.05) is 0 Å². The summed E-state index contributed by atoms with van der Waals surface area (Å²) in [5.74, 6) is -1.66. The Morgan fingerprint density at radius 2 is 1.87 bits per heavy atom. The number of carbonyl (C=O) groups is 3. The number of furan rings is 1. The van der Waals surface area contributed by atoms with E-state index in [4.69, 9.17) is 13.9 Å². The van der Waals surface area contributed by atoms with Crippen molar-refractivity contribution in [1.29, 1.82) is 0 Å². The zero-order valence-electron chi connectivity index (χ0n) is 12.2. The van der Waals surface area contributed by atoms with Gasteiger partial charge in [-0.2, -0.15) is 0 Å². The second-order valence-corrected chi connectivity index (χ2v) is 4.26. The number of benzene rings is 1. The highest BCUT2D eigenvalue weighted by Gasteiger charge is 2.15. The van der Waals surface area contributed by atoms with Crippen LogP contribution in [0.15, 0.2) is 47.1 Å². The molecule has 0 aliphatic carbocycles. The Labute approximate surface area is 131 Å². The second-order valence-electron chi connectivity index (χ2n) is 4.26. The normalized spacial score (nSPS) is 9.78. The van der Waals surface area contributed by atoms with Crippen molar-refractivity contribution >= 4 is 17.8 Å². The maximum atomic E-state index is 11.9. The van der Waals surface area contributed by atoms with Crippen LogP contribution in [0.4, 0.5) is 0 Å². The first-order chi connectivity index (χ1) is 11.1. The van der Waals surface area contributed by atoms with Gasteiger partial charge >= 0.3 is 11.9 Å². The molecule has 2 amide bonds. The van der Waals surface area contributed by atoms with Crippen molar-refractivity contribution in [2.45, 2.75) is 0 Å². The van der Waals surface area contributed by atoms with E-state index in [1.807, 2.05) is 0 Å². The third-order valence-electron chi connectivity index (χ3n) is 2.72. The summed E-state index contributed by atoms with van der Waals surface area (Å²) in [5, 5.41) is 0. The molecule has 8 nitrogen and oxygen atoms in total. The predicted molar refractivity (Wildman–Crippen MR) is 77.6 cm³/mol. The predicted octanol–water partition coefficient (Wildman–Crippen LogP) is 0.906. The molecule has 0 aliphatic heterocycles. The highest BCUT2D eigenvalue weighted by Crippen LogP contribution is 2.17. The average Bonchev–Trinajstić information content (AvgIpc) is 3.12. The maximum absolute atomic E-state index is 11.9. The highest BCUT2D eigenvalue weighted by molar-refractivity contribution is 5.95. The van der Waals surface area contributed by atoms with Crippen molar-refractivity contribution in [1.82, 2.24) is 10.9 Å². The molecule has 23 heavy (non-hydrogen) atoms. The second kappa shape index (κ2) is 7.64. The number of nitrogens with one attached hydrogen (secondary N) is 2. The van der Waals surface area contributed by atoms with Gasteiger partial charge in [-0.3, -0.25) is 20.4 Å². The van der Waals surface area contributed by atoms with E-state index in [0.29, 0.717) is 5.75 Å². The lowest BCUT2D eigenvalue weighted by Gasteiger charge is -2.09. The summed E-state index contributed by atoms with van der Waals surface area (Å²) in [7, 11) is 1.42. The third-order valence-corrected chi connectivity index (χ3v) is 2.72. The average molecular weight is 318 g/mol. The van der Waals surface area contributed by atoms with E-state index in [0.717, 1.165) is 0 Å². The molecule has 0 atom stereocenters. The summed E-state index contributed by atoms with van der Waals surface area (Å²) >= 11 is 0. The minimum atomic E-state index is -0.713. The van der Waals surface area contributed by atoms with E-state index in [1.165, 1.54) is 31.6 Å². The molecule has 0 spiro atoms. The largest absolute Gasteiger partial charge is 0.496 e. The zero-order chi connectivity index (χ0) is 16.7. The Hall–Kier alpha value is -3.29. The fourth-order valence-corrected chi connectivity index (χ4v) is 1.65. The van der Waals surface area contributed by atoms with Crippen molar-refractivity contribution in [3.8, 4) is 5.75 Å². The van der Waals surface area contributed by atoms with Gasteiger partial charge in [0.15, 0.2) is 12.4 Å². The van der Waals surface area contributed by atoms with Crippen LogP contribution in [-0.4, -0.2) is 31.5 Å². The molecular formula is C15H14N2O6. The molecule has 2 rings (SSSR count). The van der Waals surface area contributed by atoms with Crippen LogP contribution in [-0.2, 0) is 9.53 Å². The van der Waals surface area contributed by atoms with Crippen molar-refractivity contribution in [3.63, 3.8) is 0 Å². The van der Waals surface area contributed by atoms with E-state index in [1.54, 1.807) is 18.2 Å². The minimum Gasteiger partial charge on any atom is -0.496 e. The van der Waals surface area contributed by atoms with E-state index < -0.39 is 24.4 Å². The molecule has 0 saturated carbocycles. The van der Waals surface area contributed by atoms with E-state index >= 15 is 0 Å². The summed E-state index contributed by atoms with van der Waals surface area (Å²) in [5.41, 5.74) is 4.42. The number of carbonyl (C=O) groups excluding carboxylic acids is 3. The first-order valence-electron chi connectivity index (χ1n) is 6.54. The van der Waals surface area contributed by atoms with Crippen LogP contribution in [0.3, 0.4) is 0 Å². The van der Waals surface area contributed by atoms with Crippen LogP contribution in [0, 0.1) is 0 Å². The molecule has 8 heteroatoms. The number of rotatable bonds is 5. The summed E-state index contributed by atoms with van der Waals surface area (Å²) in [6.07, 6.45) is 1.33. The standard InChI is InChI=1S/C15H14N2O6/c1-21-11-6-3-2-5-10(11)15(20)23-9-13(18)16-17-14(19)12-7-4-8-22-12/h2-8H,9H2,1H3,(H,16,18)(H,17,19). The van der Waals surface area contributed by atoms with Crippen LogP contribution >= 0.6 is 0 Å². The van der Waals surface area contributed by atoms with Crippen molar-refractivity contribution in [3.05, 3.63) is 54.0 Å². The Morgan fingerprint density at radius 3 is 2.57 bits per heavy atom. The number of amides is 2. The number of ether oxygens (including phenoxy) is 2. The smallest absolute Gasteiger partial charge is 0.342 e. The molecular weight excluding hydrogens is 304 g/mol. The van der Waals surface area contributed by atoms with Crippen molar-refractivity contribution < 1.29 is 28.3 Å². The van der Waals surface area contributed by atoms with E-state index in [2.05, 4.69) is 10.9 Å². The number of hydrogen-bond donors (Lipinski definition) is 2. The van der Waals surface area contributed by atoms with Crippen LogP contribution in [0.1, 0.15) is 20.9 Å². The quantitative estimate of drug-likeness (QED) is 0.627. The molecule has 1 heterocycles. The summed E-state index contributed by atoms with van der Waals surface area (Å²) in [6, 6.07) is 9.42. The highest BCUT2D eigenvalue weighted by atomic mass is 16.5. The van der Waals surface area contributed by atoms with Gasteiger partial charge in [-0.25, -0.2) is 4.79 Å².